The van der Waals surface area contributed by atoms with E-state index in [0.717, 1.165) is 44.3 Å². The molecule has 3 rings (SSSR count). The van der Waals surface area contributed by atoms with Gasteiger partial charge in [-0.05, 0) is 13.3 Å². The fourth-order valence-electron chi connectivity index (χ4n) is 4.09. The van der Waals surface area contributed by atoms with Gasteiger partial charge in [-0.1, -0.05) is 20.8 Å². The fraction of sp³-hybridized carbons (Fsp3) is 0.824. The number of aliphatic imine (C=N–C) groups is 1. The van der Waals surface area contributed by atoms with Crippen LogP contribution in [0.1, 0.15) is 39.9 Å². The SMILES string of the molecule is CCNC(=NCCn1cnnc1CC)NC1C2CCOC2C1(C)C.I. The predicted octanol–water partition coefficient (Wildman–Crippen LogP) is 1.83. The van der Waals surface area contributed by atoms with Crippen LogP contribution in [0.4, 0.5) is 0 Å². The maximum atomic E-state index is 5.88. The van der Waals surface area contributed by atoms with Crippen LogP contribution in [0.2, 0.25) is 0 Å². The smallest absolute Gasteiger partial charge is 0.191 e. The standard InChI is InChI=1S/C17H30N6O.HI/c1-5-13-22-20-11-23(13)9-8-19-16(18-6-2)21-14-12-7-10-24-15(12)17(14,3)4;/h11-12,14-15H,5-10H2,1-4H3,(H2,18,19,21);1H. The highest BCUT2D eigenvalue weighted by molar-refractivity contribution is 14.0. The third-order valence-electron chi connectivity index (χ3n) is 5.36. The van der Waals surface area contributed by atoms with Gasteiger partial charge in [-0.2, -0.15) is 0 Å². The number of aryl methyl sites for hydroxylation is 1. The molecule has 3 unspecified atom stereocenters. The number of halogens is 1. The number of hydrogen-bond donors (Lipinski definition) is 2. The van der Waals surface area contributed by atoms with E-state index in [9.17, 15) is 0 Å². The minimum atomic E-state index is 0. The molecule has 1 saturated heterocycles. The molecule has 0 spiro atoms. The van der Waals surface area contributed by atoms with Crippen molar-refractivity contribution in [3.63, 3.8) is 0 Å². The van der Waals surface area contributed by atoms with Gasteiger partial charge in [0.25, 0.3) is 0 Å². The number of hydrogen-bond acceptors (Lipinski definition) is 4. The molecule has 2 N–H and O–H groups in total. The molecule has 3 atom stereocenters. The van der Waals surface area contributed by atoms with Crippen LogP contribution in [0.5, 0.6) is 0 Å². The first-order valence-electron chi connectivity index (χ1n) is 9.11. The molecule has 2 fully saturated rings. The fourth-order valence-corrected chi connectivity index (χ4v) is 4.09. The highest BCUT2D eigenvalue weighted by atomic mass is 127. The Kier molecular flexibility index (Phi) is 7.07. The van der Waals surface area contributed by atoms with E-state index in [0.29, 0.717) is 24.6 Å². The van der Waals surface area contributed by atoms with Gasteiger partial charge in [0.05, 0.1) is 12.6 Å². The Morgan fingerprint density at radius 3 is 2.96 bits per heavy atom. The molecule has 0 bridgehead atoms. The Balaban J connectivity index is 0.00000225. The Labute approximate surface area is 167 Å². The van der Waals surface area contributed by atoms with E-state index >= 15 is 0 Å². The summed E-state index contributed by atoms with van der Waals surface area (Å²) in [4.78, 5) is 4.74. The molecule has 1 saturated carbocycles. The summed E-state index contributed by atoms with van der Waals surface area (Å²) in [6, 6.07) is 0.420. The summed E-state index contributed by atoms with van der Waals surface area (Å²) in [6.45, 7) is 12.0. The lowest BCUT2D eigenvalue weighted by molar-refractivity contribution is -0.106. The lowest BCUT2D eigenvalue weighted by Crippen LogP contribution is -2.68. The van der Waals surface area contributed by atoms with E-state index in [1.165, 1.54) is 0 Å². The average molecular weight is 462 g/mol. The van der Waals surface area contributed by atoms with Crippen molar-refractivity contribution in [2.24, 2.45) is 16.3 Å². The van der Waals surface area contributed by atoms with Crippen molar-refractivity contribution in [3.8, 4) is 0 Å². The third-order valence-corrected chi connectivity index (χ3v) is 5.36. The van der Waals surface area contributed by atoms with Crippen LogP contribution in [0.25, 0.3) is 0 Å². The zero-order valence-electron chi connectivity index (χ0n) is 15.7. The molecule has 1 aromatic rings. The lowest BCUT2D eigenvalue weighted by atomic mass is 9.57. The van der Waals surface area contributed by atoms with Gasteiger partial charge in [-0.25, -0.2) is 0 Å². The second-order valence-corrected chi connectivity index (χ2v) is 7.24. The average Bonchev–Trinajstić information content (AvgIpc) is 3.20. The van der Waals surface area contributed by atoms with Crippen molar-refractivity contribution in [3.05, 3.63) is 12.2 Å². The van der Waals surface area contributed by atoms with Crippen LogP contribution in [0, 0.1) is 11.3 Å². The van der Waals surface area contributed by atoms with Gasteiger partial charge in [0.1, 0.15) is 12.2 Å². The number of nitrogens with one attached hydrogen (secondary N) is 2. The third kappa shape index (κ3) is 4.10. The number of rotatable bonds is 6. The molecule has 142 valence electrons. The van der Waals surface area contributed by atoms with Gasteiger partial charge in [0.15, 0.2) is 5.96 Å². The lowest BCUT2D eigenvalue weighted by Gasteiger charge is -2.54. The Morgan fingerprint density at radius 1 is 1.44 bits per heavy atom. The molecule has 0 radical (unpaired) electrons. The predicted molar refractivity (Wildman–Crippen MR) is 109 cm³/mol. The van der Waals surface area contributed by atoms with E-state index in [1.54, 1.807) is 6.33 Å². The number of fused-ring (bicyclic) bond motifs is 1. The van der Waals surface area contributed by atoms with Crippen LogP contribution < -0.4 is 10.6 Å². The maximum absolute atomic E-state index is 5.88. The van der Waals surface area contributed by atoms with Crippen LogP contribution >= 0.6 is 24.0 Å². The number of guanidine groups is 1. The molecule has 0 aromatic carbocycles. The van der Waals surface area contributed by atoms with Crippen molar-refractivity contribution in [2.75, 3.05) is 19.7 Å². The first kappa shape index (κ1) is 20.4. The molecule has 8 heteroatoms. The first-order valence-corrected chi connectivity index (χ1v) is 9.11. The molecule has 1 aliphatic heterocycles. The van der Waals surface area contributed by atoms with Crippen molar-refractivity contribution in [2.45, 2.75) is 59.2 Å². The van der Waals surface area contributed by atoms with E-state index in [-0.39, 0.29) is 29.4 Å². The van der Waals surface area contributed by atoms with Crippen LogP contribution in [-0.4, -0.2) is 52.6 Å². The van der Waals surface area contributed by atoms with E-state index in [4.69, 9.17) is 9.73 Å². The number of nitrogens with zero attached hydrogens (tertiary/aromatic N) is 4. The van der Waals surface area contributed by atoms with E-state index < -0.39 is 0 Å². The first-order chi connectivity index (χ1) is 11.6. The number of aromatic nitrogens is 3. The summed E-state index contributed by atoms with van der Waals surface area (Å²) in [6.07, 6.45) is 4.21. The summed E-state index contributed by atoms with van der Waals surface area (Å²) < 4.78 is 7.95. The van der Waals surface area contributed by atoms with Gasteiger partial charge in [0, 0.05) is 43.5 Å². The monoisotopic (exact) mass is 462 g/mol. The van der Waals surface area contributed by atoms with Gasteiger partial charge < -0.3 is 19.9 Å². The Morgan fingerprint density at radius 2 is 2.24 bits per heavy atom. The van der Waals surface area contributed by atoms with Gasteiger partial charge in [0.2, 0.25) is 0 Å². The maximum Gasteiger partial charge on any atom is 0.191 e. The van der Waals surface area contributed by atoms with E-state index in [1.807, 2.05) is 0 Å². The largest absolute Gasteiger partial charge is 0.377 e. The molecule has 25 heavy (non-hydrogen) atoms. The highest BCUT2D eigenvalue weighted by Crippen LogP contribution is 2.52. The van der Waals surface area contributed by atoms with Gasteiger partial charge in [-0.15, -0.1) is 34.2 Å². The molecule has 2 aliphatic rings. The van der Waals surface area contributed by atoms with Crippen LogP contribution in [0.3, 0.4) is 0 Å². The van der Waals surface area contributed by atoms with Crippen molar-refractivity contribution < 1.29 is 4.74 Å². The van der Waals surface area contributed by atoms with Gasteiger partial charge in [-0.3, -0.25) is 4.99 Å². The zero-order chi connectivity index (χ0) is 17.2. The summed E-state index contributed by atoms with van der Waals surface area (Å²) in [7, 11) is 0. The normalized spacial score (nSPS) is 27.2. The second kappa shape index (κ2) is 8.66. The molecule has 0 amide bonds. The van der Waals surface area contributed by atoms with Crippen molar-refractivity contribution >= 4 is 29.9 Å². The summed E-state index contributed by atoms with van der Waals surface area (Å²) in [5.74, 6) is 2.51. The minimum Gasteiger partial charge on any atom is -0.377 e. The molecule has 1 aliphatic carbocycles. The summed E-state index contributed by atoms with van der Waals surface area (Å²) in [5.41, 5.74) is 0.154. The number of ether oxygens (including phenoxy) is 1. The minimum absolute atomic E-state index is 0. The molecule has 1 aromatic heterocycles. The topological polar surface area (TPSA) is 76.4 Å². The van der Waals surface area contributed by atoms with Crippen LogP contribution in [-0.2, 0) is 17.7 Å². The molecular formula is C17H31IN6O. The quantitative estimate of drug-likeness (QED) is 0.383. The highest BCUT2D eigenvalue weighted by Gasteiger charge is 2.59. The zero-order valence-corrected chi connectivity index (χ0v) is 18.0. The molecule has 7 nitrogen and oxygen atoms in total. The summed E-state index contributed by atoms with van der Waals surface area (Å²) in [5, 5.41) is 15.1. The van der Waals surface area contributed by atoms with Crippen LogP contribution in [0.15, 0.2) is 11.3 Å². The van der Waals surface area contributed by atoms with E-state index in [2.05, 4.69) is 53.1 Å². The van der Waals surface area contributed by atoms with Gasteiger partial charge >= 0.3 is 0 Å². The Bertz CT molecular complexity index is 587. The second-order valence-electron chi connectivity index (χ2n) is 7.24. The molecule has 2 heterocycles. The Hall–Kier alpha value is -0.900. The molecular weight excluding hydrogens is 431 g/mol. The summed E-state index contributed by atoms with van der Waals surface area (Å²) >= 11 is 0. The van der Waals surface area contributed by atoms with Crippen molar-refractivity contribution in [1.82, 2.24) is 25.4 Å². The van der Waals surface area contributed by atoms with Crippen molar-refractivity contribution in [1.29, 1.82) is 0 Å².